The van der Waals surface area contributed by atoms with Crippen LogP contribution >= 0.6 is 35.0 Å². The fraction of sp³-hybridized carbons (Fsp3) is 0.0952. The highest BCUT2D eigenvalue weighted by Crippen LogP contribution is 2.32. The third-order valence-corrected chi connectivity index (χ3v) is 5.78. The van der Waals surface area contributed by atoms with Crippen LogP contribution in [0, 0.1) is 0 Å². The molecule has 2 aromatic heterocycles. The maximum Gasteiger partial charge on any atom is 0.234 e. The van der Waals surface area contributed by atoms with Crippen LogP contribution in [0.4, 0.5) is 5.69 Å². The van der Waals surface area contributed by atoms with E-state index < -0.39 is 0 Å². The Bertz CT molecular complexity index is 1210. The van der Waals surface area contributed by atoms with Gasteiger partial charge in [-0.25, -0.2) is 0 Å². The van der Waals surface area contributed by atoms with Gasteiger partial charge in [-0.1, -0.05) is 47.1 Å². The van der Waals surface area contributed by atoms with Gasteiger partial charge in [0.05, 0.1) is 34.9 Å². The Labute approximate surface area is 192 Å². The van der Waals surface area contributed by atoms with Crippen LogP contribution in [-0.2, 0) is 4.79 Å². The number of benzene rings is 2. The molecule has 0 aliphatic rings. The molecule has 4 aromatic rings. The van der Waals surface area contributed by atoms with Crippen molar-refractivity contribution >= 4 is 46.6 Å². The van der Waals surface area contributed by atoms with Gasteiger partial charge in [0.25, 0.3) is 0 Å². The monoisotopic (exact) mass is 474 g/mol. The van der Waals surface area contributed by atoms with E-state index in [1.165, 1.54) is 18.9 Å². The zero-order chi connectivity index (χ0) is 21.8. The first-order valence-corrected chi connectivity index (χ1v) is 10.8. The van der Waals surface area contributed by atoms with Gasteiger partial charge in [0.2, 0.25) is 11.7 Å². The van der Waals surface area contributed by atoms with E-state index in [0.717, 1.165) is 0 Å². The number of halogens is 2. The maximum atomic E-state index is 12.5. The van der Waals surface area contributed by atoms with Crippen molar-refractivity contribution in [2.75, 3.05) is 18.2 Å². The molecular formula is C21H16Cl2N4O3S. The molecule has 0 saturated heterocycles. The number of carbonyl (C=O) groups is 1. The fourth-order valence-corrected chi connectivity index (χ4v) is 4.07. The molecule has 7 nitrogen and oxygen atoms in total. The second-order valence-corrected chi connectivity index (χ2v) is 8.01. The zero-order valence-electron chi connectivity index (χ0n) is 16.2. The molecule has 2 aromatic carbocycles. The normalized spacial score (nSPS) is 10.8. The Morgan fingerprint density at radius 1 is 1.13 bits per heavy atom. The molecule has 10 heteroatoms. The van der Waals surface area contributed by atoms with Crippen LogP contribution in [0.5, 0.6) is 5.75 Å². The number of hydrogen-bond donors (Lipinski definition) is 1. The van der Waals surface area contributed by atoms with Crippen LogP contribution in [0.2, 0.25) is 10.0 Å². The summed E-state index contributed by atoms with van der Waals surface area (Å²) in [6, 6.07) is 15.9. The van der Waals surface area contributed by atoms with Crippen molar-refractivity contribution in [3.63, 3.8) is 0 Å². The molecule has 0 spiro atoms. The molecule has 31 heavy (non-hydrogen) atoms. The zero-order valence-corrected chi connectivity index (χ0v) is 18.5. The number of amides is 1. The Balaban J connectivity index is 1.55. The predicted octanol–water partition coefficient (Wildman–Crippen LogP) is 5.57. The number of nitrogens with zero attached hydrogens (tertiary/aromatic N) is 3. The number of rotatable bonds is 7. The number of ether oxygens (including phenoxy) is 1. The van der Waals surface area contributed by atoms with Gasteiger partial charge in [-0.2, -0.15) is 0 Å². The highest BCUT2D eigenvalue weighted by molar-refractivity contribution is 7.99. The van der Waals surface area contributed by atoms with Crippen molar-refractivity contribution in [3.8, 4) is 23.0 Å². The molecule has 0 aliphatic heterocycles. The molecular weight excluding hydrogens is 459 g/mol. The fourth-order valence-electron chi connectivity index (χ4n) is 2.85. The van der Waals surface area contributed by atoms with Crippen LogP contribution in [0.15, 0.2) is 70.4 Å². The Morgan fingerprint density at radius 2 is 1.97 bits per heavy atom. The average Bonchev–Trinajstić information content (AvgIpc) is 3.42. The number of thioether (sulfide) groups is 1. The summed E-state index contributed by atoms with van der Waals surface area (Å²) in [5, 5.41) is 12.7. The number of anilines is 1. The number of hydrogen-bond acceptors (Lipinski definition) is 6. The first-order chi connectivity index (χ1) is 15.1. The van der Waals surface area contributed by atoms with Crippen molar-refractivity contribution < 1.29 is 13.9 Å². The van der Waals surface area contributed by atoms with Crippen molar-refractivity contribution in [3.05, 3.63) is 70.9 Å². The Hall–Kier alpha value is -2.94. The molecule has 0 radical (unpaired) electrons. The number of nitrogens with one attached hydrogen (secondary N) is 1. The van der Waals surface area contributed by atoms with E-state index in [4.69, 9.17) is 32.4 Å². The summed E-state index contributed by atoms with van der Waals surface area (Å²) in [4.78, 5) is 12.5. The molecule has 158 valence electrons. The lowest BCUT2D eigenvalue weighted by Crippen LogP contribution is -2.14. The minimum Gasteiger partial charge on any atom is -0.495 e. The van der Waals surface area contributed by atoms with Gasteiger partial charge in [0.15, 0.2) is 10.9 Å². The minimum atomic E-state index is -0.223. The Morgan fingerprint density at radius 3 is 2.68 bits per heavy atom. The molecule has 1 N–H and O–H groups in total. The quantitative estimate of drug-likeness (QED) is 0.352. The van der Waals surface area contributed by atoms with E-state index in [-0.39, 0.29) is 11.7 Å². The maximum absolute atomic E-state index is 12.5. The SMILES string of the molecule is COc1ccc(NC(=O)CSc2nnc(-c3ccco3)n2-c2ccccc2Cl)cc1Cl. The summed E-state index contributed by atoms with van der Waals surface area (Å²) >= 11 is 13.8. The van der Waals surface area contributed by atoms with Crippen molar-refractivity contribution in [2.24, 2.45) is 0 Å². The van der Waals surface area contributed by atoms with Crippen molar-refractivity contribution in [1.29, 1.82) is 0 Å². The lowest BCUT2D eigenvalue weighted by Gasteiger charge is -2.11. The summed E-state index contributed by atoms with van der Waals surface area (Å²) in [5.74, 6) is 1.44. The molecule has 1 amide bonds. The van der Waals surface area contributed by atoms with E-state index in [1.54, 1.807) is 47.2 Å². The summed E-state index contributed by atoms with van der Waals surface area (Å²) < 4.78 is 12.4. The largest absolute Gasteiger partial charge is 0.495 e. The number of para-hydroxylation sites is 1. The van der Waals surface area contributed by atoms with E-state index >= 15 is 0 Å². The summed E-state index contributed by atoms with van der Waals surface area (Å²) in [5.41, 5.74) is 1.26. The molecule has 0 bridgehead atoms. The van der Waals surface area contributed by atoms with Gasteiger partial charge in [-0.15, -0.1) is 10.2 Å². The molecule has 0 unspecified atom stereocenters. The highest BCUT2D eigenvalue weighted by atomic mass is 35.5. The molecule has 0 atom stereocenters. The topological polar surface area (TPSA) is 82.2 Å². The van der Waals surface area contributed by atoms with Gasteiger partial charge >= 0.3 is 0 Å². The van der Waals surface area contributed by atoms with Crippen molar-refractivity contribution in [2.45, 2.75) is 5.16 Å². The second-order valence-electron chi connectivity index (χ2n) is 6.26. The summed E-state index contributed by atoms with van der Waals surface area (Å²) in [6.45, 7) is 0. The van der Waals surface area contributed by atoms with Gasteiger partial charge in [-0.05, 0) is 42.5 Å². The van der Waals surface area contributed by atoms with Gasteiger partial charge in [0.1, 0.15) is 5.75 Å². The van der Waals surface area contributed by atoms with E-state index in [2.05, 4.69) is 15.5 Å². The number of aromatic nitrogens is 3. The van der Waals surface area contributed by atoms with Crippen LogP contribution in [0.25, 0.3) is 17.3 Å². The highest BCUT2D eigenvalue weighted by Gasteiger charge is 2.20. The third-order valence-electron chi connectivity index (χ3n) is 4.24. The lowest BCUT2D eigenvalue weighted by atomic mass is 10.3. The van der Waals surface area contributed by atoms with E-state index in [1.807, 2.05) is 18.2 Å². The number of carbonyl (C=O) groups excluding carboxylic acids is 1. The first kappa shape index (κ1) is 21.3. The van der Waals surface area contributed by atoms with E-state index in [0.29, 0.717) is 43.9 Å². The smallest absolute Gasteiger partial charge is 0.234 e. The van der Waals surface area contributed by atoms with Gasteiger partial charge in [-0.3, -0.25) is 9.36 Å². The van der Waals surface area contributed by atoms with Crippen LogP contribution in [-0.4, -0.2) is 33.5 Å². The molecule has 0 aliphatic carbocycles. The third kappa shape index (κ3) is 4.71. The molecule has 0 fully saturated rings. The van der Waals surface area contributed by atoms with Crippen LogP contribution in [0.3, 0.4) is 0 Å². The molecule has 2 heterocycles. The van der Waals surface area contributed by atoms with Crippen molar-refractivity contribution in [1.82, 2.24) is 14.8 Å². The Kier molecular flexibility index (Phi) is 6.50. The first-order valence-electron chi connectivity index (χ1n) is 9.07. The van der Waals surface area contributed by atoms with Gasteiger partial charge < -0.3 is 14.5 Å². The van der Waals surface area contributed by atoms with Gasteiger partial charge in [0, 0.05) is 5.69 Å². The van der Waals surface area contributed by atoms with E-state index in [9.17, 15) is 4.79 Å². The molecule has 0 saturated carbocycles. The number of furan rings is 1. The standard InChI is InChI=1S/C21H16Cl2N4O3S/c1-29-17-9-8-13(11-15(17)23)24-19(28)12-31-21-26-25-20(18-7-4-10-30-18)27(21)16-6-3-2-5-14(16)22/h2-11H,12H2,1H3,(H,24,28). The second kappa shape index (κ2) is 9.47. The number of methoxy groups -OCH3 is 1. The molecule has 4 rings (SSSR count). The van der Waals surface area contributed by atoms with Crippen LogP contribution in [0.1, 0.15) is 0 Å². The van der Waals surface area contributed by atoms with Crippen LogP contribution < -0.4 is 10.1 Å². The predicted molar refractivity (Wildman–Crippen MR) is 121 cm³/mol. The summed E-state index contributed by atoms with van der Waals surface area (Å²) in [6.07, 6.45) is 1.56. The minimum absolute atomic E-state index is 0.102. The summed E-state index contributed by atoms with van der Waals surface area (Å²) in [7, 11) is 1.53. The lowest BCUT2D eigenvalue weighted by molar-refractivity contribution is -0.113. The average molecular weight is 475 g/mol.